The Morgan fingerprint density at radius 2 is 2.21 bits per heavy atom. The molecule has 146 valence electrons. The molecule has 1 saturated heterocycles. The highest BCUT2D eigenvalue weighted by Crippen LogP contribution is 2.30. The quantitative estimate of drug-likeness (QED) is 0.571. The molecule has 0 spiro atoms. The Balaban J connectivity index is 1.41. The summed E-state index contributed by atoms with van der Waals surface area (Å²) in [7, 11) is 0. The van der Waals surface area contributed by atoms with Crippen LogP contribution in [0, 0.1) is 6.92 Å². The van der Waals surface area contributed by atoms with Crippen molar-refractivity contribution in [1.29, 1.82) is 0 Å². The lowest BCUT2D eigenvalue weighted by atomic mass is 10.1. The number of ether oxygens (including phenoxy) is 1. The summed E-state index contributed by atoms with van der Waals surface area (Å²) in [6.45, 7) is 2.65. The van der Waals surface area contributed by atoms with Gasteiger partial charge in [-0.05, 0) is 43.5 Å². The van der Waals surface area contributed by atoms with Gasteiger partial charge in [-0.1, -0.05) is 23.4 Å². The van der Waals surface area contributed by atoms with E-state index in [4.69, 9.17) is 9.26 Å². The van der Waals surface area contributed by atoms with Crippen molar-refractivity contribution in [1.82, 2.24) is 19.5 Å². The second kappa shape index (κ2) is 7.14. The summed E-state index contributed by atoms with van der Waals surface area (Å²) in [6.07, 6.45) is 5.13. The van der Waals surface area contributed by atoms with Crippen molar-refractivity contribution in [2.24, 2.45) is 0 Å². The van der Waals surface area contributed by atoms with Gasteiger partial charge in [0.05, 0.1) is 6.20 Å². The van der Waals surface area contributed by atoms with Crippen molar-refractivity contribution in [3.63, 3.8) is 0 Å². The number of benzene rings is 1. The van der Waals surface area contributed by atoms with Crippen molar-refractivity contribution >= 4 is 17.2 Å². The van der Waals surface area contributed by atoms with Crippen molar-refractivity contribution in [3.05, 3.63) is 65.9 Å². The first-order valence-corrected chi connectivity index (χ1v) is 9.49. The van der Waals surface area contributed by atoms with E-state index in [9.17, 15) is 4.79 Å². The predicted molar refractivity (Wildman–Crippen MR) is 106 cm³/mol. The number of carbonyl (C=O) groups excluding carboxylic acids is 1. The van der Waals surface area contributed by atoms with Crippen LogP contribution >= 0.6 is 0 Å². The minimum Gasteiger partial charge on any atom is -0.368 e. The van der Waals surface area contributed by atoms with Crippen molar-refractivity contribution < 1.29 is 14.1 Å². The number of hydrogen-bond acceptors (Lipinski definition) is 6. The first kappa shape index (κ1) is 17.6. The van der Waals surface area contributed by atoms with E-state index in [1.165, 1.54) is 0 Å². The highest BCUT2D eigenvalue weighted by atomic mass is 16.5. The fraction of sp³-hybridized carbons (Fsp3) is 0.238. The molecule has 5 rings (SSSR count). The zero-order valence-electron chi connectivity index (χ0n) is 15.8. The molecule has 1 fully saturated rings. The molecule has 0 aliphatic carbocycles. The summed E-state index contributed by atoms with van der Waals surface area (Å²) in [4.78, 5) is 21.6. The molecule has 1 N–H and O–H groups in total. The standard InChI is InChI=1S/C21H19N5O3/c1-13-7-8-14(19-24-21(29-25-19)17-5-4-10-28-17)11-15(13)23-20(27)16-12-22-18-6-2-3-9-26(16)18/h2-3,6-9,11-12,17H,4-5,10H2,1H3,(H,23,27)/t17-/m1/s1. The van der Waals surface area contributed by atoms with Crippen molar-refractivity contribution in [2.75, 3.05) is 11.9 Å². The Morgan fingerprint density at radius 3 is 3.07 bits per heavy atom. The maximum absolute atomic E-state index is 12.8. The van der Waals surface area contributed by atoms with Gasteiger partial charge >= 0.3 is 0 Å². The van der Waals surface area contributed by atoms with Crippen LogP contribution < -0.4 is 5.32 Å². The van der Waals surface area contributed by atoms with Crippen molar-refractivity contribution in [3.8, 4) is 11.4 Å². The first-order chi connectivity index (χ1) is 14.2. The molecule has 8 nitrogen and oxygen atoms in total. The molecule has 1 aromatic carbocycles. The first-order valence-electron chi connectivity index (χ1n) is 9.49. The maximum atomic E-state index is 12.8. The SMILES string of the molecule is Cc1ccc(-c2noc([C@H]3CCCO3)n2)cc1NC(=O)c1cnc2ccccn12. The fourth-order valence-electron chi connectivity index (χ4n) is 3.44. The van der Waals surface area contributed by atoms with Crippen LogP contribution in [-0.4, -0.2) is 32.0 Å². The third-order valence-electron chi connectivity index (χ3n) is 5.04. The van der Waals surface area contributed by atoms with Gasteiger partial charge < -0.3 is 14.6 Å². The largest absolute Gasteiger partial charge is 0.368 e. The third-order valence-corrected chi connectivity index (χ3v) is 5.04. The van der Waals surface area contributed by atoms with Crippen LogP contribution in [0.4, 0.5) is 5.69 Å². The molecule has 4 heterocycles. The maximum Gasteiger partial charge on any atom is 0.274 e. The Hall–Kier alpha value is -3.52. The second-order valence-electron chi connectivity index (χ2n) is 7.01. The van der Waals surface area contributed by atoms with Gasteiger partial charge in [0.15, 0.2) is 0 Å². The Bertz CT molecular complexity index is 1190. The van der Waals surface area contributed by atoms with Gasteiger partial charge in [-0.2, -0.15) is 4.98 Å². The molecule has 0 bridgehead atoms. The van der Waals surface area contributed by atoms with Gasteiger partial charge in [0.2, 0.25) is 5.82 Å². The number of imidazole rings is 1. The number of amides is 1. The van der Waals surface area contributed by atoms with Gasteiger partial charge in [0.1, 0.15) is 17.4 Å². The number of nitrogens with one attached hydrogen (secondary N) is 1. The van der Waals surface area contributed by atoms with E-state index in [2.05, 4.69) is 20.4 Å². The van der Waals surface area contributed by atoms with Crippen LogP contribution in [0.1, 0.15) is 40.9 Å². The molecule has 4 aromatic rings. The van der Waals surface area contributed by atoms with Gasteiger partial charge in [0.25, 0.3) is 11.8 Å². The van der Waals surface area contributed by atoms with E-state index in [0.29, 0.717) is 29.7 Å². The topological polar surface area (TPSA) is 94.5 Å². The van der Waals surface area contributed by atoms with E-state index in [1.807, 2.05) is 49.5 Å². The minimum atomic E-state index is -0.239. The molecule has 0 saturated carbocycles. The third kappa shape index (κ3) is 3.27. The van der Waals surface area contributed by atoms with E-state index < -0.39 is 0 Å². The van der Waals surface area contributed by atoms with Crippen LogP contribution in [0.25, 0.3) is 17.0 Å². The minimum absolute atomic E-state index is 0.129. The number of pyridine rings is 1. The summed E-state index contributed by atoms with van der Waals surface area (Å²) in [5.74, 6) is 0.729. The van der Waals surface area contributed by atoms with Crippen molar-refractivity contribution in [2.45, 2.75) is 25.9 Å². The molecule has 1 atom stereocenters. The zero-order chi connectivity index (χ0) is 19.8. The van der Waals surface area contributed by atoms with E-state index in [1.54, 1.807) is 10.6 Å². The summed E-state index contributed by atoms with van der Waals surface area (Å²) in [5, 5.41) is 7.05. The Labute approximate surface area is 166 Å². The number of aryl methyl sites for hydroxylation is 1. The molecule has 0 unspecified atom stereocenters. The number of hydrogen-bond donors (Lipinski definition) is 1. The summed E-state index contributed by atoms with van der Waals surface area (Å²) < 4.78 is 12.7. The van der Waals surface area contributed by atoms with Crippen LogP contribution in [0.5, 0.6) is 0 Å². The highest BCUT2D eigenvalue weighted by Gasteiger charge is 2.24. The van der Waals surface area contributed by atoms with Crippen LogP contribution in [0.15, 0.2) is 53.3 Å². The monoisotopic (exact) mass is 389 g/mol. The average Bonchev–Trinajstić information content (AvgIpc) is 3.49. The zero-order valence-corrected chi connectivity index (χ0v) is 15.8. The summed E-state index contributed by atoms with van der Waals surface area (Å²) in [5.41, 5.74) is 3.56. The van der Waals surface area contributed by atoms with Gasteiger partial charge in [-0.25, -0.2) is 4.98 Å². The number of fused-ring (bicyclic) bond motifs is 1. The lowest BCUT2D eigenvalue weighted by Crippen LogP contribution is -2.15. The summed E-state index contributed by atoms with van der Waals surface area (Å²) in [6, 6.07) is 11.3. The van der Waals surface area contributed by atoms with Crippen LogP contribution in [0.3, 0.4) is 0 Å². The lowest BCUT2D eigenvalue weighted by Gasteiger charge is -2.09. The van der Waals surface area contributed by atoms with Gasteiger partial charge in [-0.15, -0.1) is 0 Å². The average molecular weight is 389 g/mol. The molecular formula is C21H19N5O3. The smallest absolute Gasteiger partial charge is 0.274 e. The second-order valence-corrected chi connectivity index (χ2v) is 7.01. The van der Waals surface area contributed by atoms with Gasteiger partial charge in [0, 0.05) is 24.1 Å². The molecule has 1 amide bonds. The molecule has 29 heavy (non-hydrogen) atoms. The normalized spacial score (nSPS) is 16.4. The molecular weight excluding hydrogens is 370 g/mol. The number of aromatic nitrogens is 4. The fourth-order valence-corrected chi connectivity index (χ4v) is 3.44. The van der Waals surface area contributed by atoms with E-state index >= 15 is 0 Å². The number of rotatable bonds is 4. The number of carbonyl (C=O) groups is 1. The highest BCUT2D eigenvalue weighted by molar-refractivity contribution is 6.04. The molecule has 1 aliphatic rings. The van der Waals surface area contributed by atoms with Gasteiger partial charge in [-0.3, -0.25) is 9.20 Å². The molecule has 1 aliphatic heterocycles. The lowest BCUT2D eigenvalue weighted by molar-refractivity contribution is 0.0835. The number of anilines is 1. The Kier molecular flexibility index (Phi) is 4.33. The number of nitrogens with zero attached hydrogens (tertiary/aromatic N) is 4. The predicted octanol–water partition coefficient (Wildman–Crippen LogP) is 3.80. The Morgan fingerprint density at radius 1 is 1.28 bits per heavy atom. The summed E-state index contributed by atoms with van der Waals surface area (Å²) >= 11 is 0. The molecule has 8 heteroatoms. The van der Waals surface area contributed by atoms with Crippen LogP contribution in [0.2, 0.25) is 0 Å². The van der Waals surface area contributed by atoms with E-state index in [0.717, 1.165) is 29.6 Å². The molecule has 0 radical (unpaired) electrons. The van der Waals surface area contributed by atoms with E-state index in [-0.39, 0.29) is 12.0 Å². The van der Waals surface area contributed by atoms with Crippen LogP contribution in [-0.2, 0) is 4.74 Å². The molecule has 3 aromatic heterocycles.